The molecule has 6 heteroatoms. The second kappa shape index (κ2) is 6.47. The monoisotopic (exact) mass is 326 g/mol. The molecule has 1 aromatic carbocycles. The molecule has 0 fully saturated rings. The third kappa shape index (κ3) is 3.18. The Morgan fingerprint density at radius 2 is 2.12 bits per heavy atom. The van der Waals surface area contributed by atoms with Crippen LogP contribution in [0.3, 0.4) is 0 Å². The molecule has 3 rings (SSSR count). The minimum atomic E-state index is -0.975. The summed E-state index contributed by atoms with van der Waals surface area (Å²) in [5.41, 5.74) is 2.72. The van der Waals surface area contributed by atoms with Gasteiger partial charge in [-0.25, -0.2) is 0 Å². The van der Waals surface area contributed by atoms with Gasteiger partial charge in [-0.1, -0.05) is 35.5 Å². The topological polar surface area (TPSA) is 68.5 Å². The molecule has 1 atom stereocenters. The van der Waals surface area contributed by atoms with E-state index in [2.05, 4.69) is 15.6 Å². The van der Waals surface area contributed by atoms with Gasteiger partial charge in [0.1, 0.15) is 0 Å². The van der Waals surface area contributed by atoms with Crippen molar-refractivity contribution in [3.8, 4) is 0 Å². The zero-order chi connectivity index (χ0) is 17.2. The predicted octanol–water partition coefficient (Wildman–Crippen LogP) is 2.41. The summed E-state index contributed by atoms with van der Waals surface area (Å²) in [5.74, 6) is -0.168. The summed E-state index contributed by atoms with van der Waals surface area (Å²) < 4.78 is 1.89. The number of hydrogen-bond donors (Lipinski definition) is 1. The van der Waals surface area contributed by atoms with Crippen LogP contribution in [0.1, 0.15) is 37.2 Å². The number of aryl methyl sites for hydroxylation is 2. The van der Waals surface area contributed by atoms with Gasteiger partial charge < -0.3 is 10.2 Å². The van der Waals surface area contributed by atoms with E-state index in [1.165, 1.54) is 0 Å². The molecule has 0 spiro atoms. The number of nitrogens with zero attached hydrogens (tertiary/aromatic N) is 3. The van der Waals surface area contributed by atoms with Gasteiger partial charge >= 0.3 is 0 Å². The van der Waals surface area contributed by atoms with Crippen LogP contribution in [0.15, 0.2) is 41.6 Å². The first-order valence-corrected chi connectivity index (χ1v) is 8.14. The van der Waals surface area contributed by atoms with Gasteiger partial charge in [0.05, 0.1) is 23.6 Å². The fraction of sp³-hybridized carbons (Fsp3) is 0.389. The third-order valence-corrected chi connectivity index (χ3v) is 4.16. The van der Waals surface area contributed by atoms with Gasteiger partial charge in [0.15, 0.2) is 0 Å². The standard InChI is InChI=1S/C18H22N4O2/c1-4-22-15(10-13(2)20-22)12-19-17(23)18(3)11-16(21-24-18)14-8-6-5-7-9-14/h5-10H,4,11-12H2,1-3H3,(H,19,23)/t18-/m1/s1. The highest BCUT2D eigenvalue weighted by molar-refractivity contribution is 6.05. The molecule has 1 aliphatic heterocycles. The molecular weight excluding hydrogens is 304 g/mol. The quantitative estimate of drug-likeness (QED) is 0.917. The average Bonchev–Trinajstić information content (AvgIpc) is 3.17. The van der Waals surface area contributed by atoms with E-state index < -0.39 is 5.60 Å². The van der Waals surface area contributed by atoms with Crippen molar-refractivity contribution >= 4 is 11.6 Å². The number of nitrogens with one attached hydrogen (secondary N) is 1. The molecule has 6 nitrogen and oxygen atoms in total. The van der Waals surface area contributed by atoms with E-state index in [0.717, 1.165) is 29.2 Å². The highest BCUT2D eigenvalue weighted by Gasteiger charge is 2.42. The molecule has 0 saturated heterocycles. The van der Waals surface area contributed by atoms with Crippen LogP contribution < -0.4 is 5.32 Å². The Balaban J connectivity index is 1.63. The van der Waals surface area contributed by atoms with Crippen LogP contribution in [0, 0.1) is 6.92 Å². The normalized spacial score (nSPS) is 19.7. The summed E-state index contributed by atoms with van der Waals surface area (Å²) >= 11 is 0. The number of benzene rings is 1. The number of oxime groups is 1. The minimum Gasteiger partial charge on any atom is -0.379 e. The van der Waals surface area contributed by atoms with Gasteiger partial charge in [0.25, 0.3) is 5.91 Å². The van der Waals surface area contributed by atoms with Gasteiger partial charge in [0, 0.05) is 13.0 Å². The first kappa shape index (κ1) is 16.2. The molecule has 0 unspecified atom stereocenters. The molecule has 0 saturated carbocycles. The Kier molecular flexibility index (Phi) is 4.38. The van der Waals surface area contributed by atoms with Gasteiger partial charge in [-0.3, -0.25) is 9.48 Å². The number of amides is 1. The minimum absolute atomic E-state index is 0.168. The number of carbonyl (C=O) groups is 1. The van der Waals surface area contributed by atoms with Crippen LogP contribution >= 0.6 is 0 Å². The SMILES string of the molecule is CCn1nc(C)cc1CNC(=O)[C@@]1(C)CC(c2ccccc2)=NO1. The van der Waals surface area contributed by atoms with Gasteiger partial charge in [-0.2, -0.15) is 5.10 Å². The maximum atomic E-state index is 12.6. The second-order valence-corrected chi connectivity index (χ2v) is 6.18. The van der Waals surface area contributed by atoms with Crippen LogP contribution in [0.25, 0.3) is 0 Å². The second-order valence-electron chi connectivity index (χ2n) is 6.18. The largest absolute Gasteiger partial charge is 0.379 e. The van der Waals surface area contributed by atoms with Crippen LogP contribution in [-0.4, -0.2) is 27.0 Å². The van der Waals surface area contributed by atoms with Crippen molar-refractivity contribution in [1.82, 2.24) is 15.1 Å². The average molecular weight is 326 g/mol. The zero-order valence-electron chi connectivity index (χ0n) is 14.2. The lowest BCUT2D eigenvalue weighted by molar-refractivity contribution is -0.141. The fourth-order valence-corrected chi connectivity index (χ4v) is 2.82. The molecule has 0 aliphatic carbocycles. The summed E-state index contributed by atoms with van der Waals surface area (Å²) in [6.45, 7) is 6.93. The lowest BCUT2D eigenvalue weighted by atomic mass is 9.95. The number of rotatable bonds is 5. The van der Waals surface area contributed by atoms with Gasteiger partial charge in [-0.15, -0.1) is 0 Å². The summed E-state index contributed by atoms with van der Waals surface area (Å²) in [5, 5.41) is 11.4. The highest BCUT2D eigenvalue weighted by Crippen LogP contribution is 2.26. The number of carbonyl (C=O) groups excluding carboxylic acids is 1. The Morgan fingerprint density at radius 1 is 1.38 bits per heavy atom. The smallest absolute Gasteiger partial charge is 0.267 e. The van der Waals surface area contributed by atoms with Gasteiger partial charge in [-0.05, 0) is 32.4 Å². The fourth-order valence-electron chi connectivity index (χ4n) is 2.82. The van der Waals surface area contributed by atoms with Crippen LogP contribution in [0.4, 0.5) is 0 Å². The van der Waals surface area contributed by atoms with Gasteiger partial charge in [0.2, 0.25) is 5.60 Å². The maximum Gasteiger partial charge on any atom is 0.267 e. The van der Waals surface area contributed by atoms with Crippen molar-refractivity contribution in [2.45, 2.75) is 45.9 Å². The lowest BCUT2D eigenvalue weighted by Gasteiger charge is -2.20. The van der Waals surface area contributed by atoms with E-state index in [4.69, 9.17) is 4.84 Å². The van der Waals surface area contributed by atoms with Crippen LogP contribution in [-0.2, 0) is 22.7 Å². The molecular formula is C18H22N4O2. The molecule has 1 amide bonds. The third-order valence-electron chi connectivity index (χ3n) is 4.16. The Hall–Kier alpha value is -2.63. The van der Waals surface area contributed by atoms with E-state index in [-0.39, 0.29) is 5.91 Å². The lowest BCUT2D eigenvalue weighted by Crippen LogP contribution is -2.44. The van der Waals surface area contributed by atoms with E-state index in [0.29, 0.717) is 13.0 Å². The number of aromatic nitrogens is 2. The summed E-state index contributed by atoms with van der Waals surface area (Å²) in [4.78, 5) is 18.1. The van der Waals surface area contributed by atoms with Crippen LogP contribution in [0.2, 0.25) is 0 Å². The molecule has 2 aromatic rings. The van der Waals surface area contributed by atoms with E-state index in [9.17, 15) is 4.79 Å². The molecule has 1 aromatic heterocycles. The summed E-state index contributed by atoms with van der Waals surface area (Å²) in [7, 11) is 0. The molecule has 0 bridgehead atoms. The van der Waals surface area contributed by atoms with Crippen LogP contribution in [0.5, 0.6) is 0 Å². The number of hydrogen-bond acceptors (Lipinski definition) is 4. The van der Waals surface area contributed by atoms with E-state index in [1.54, 1.807) is 6.92 Å². The maximum absolute atomic E-state index is 12.6. The molecule has 126 valence electrons. The Labute approximate surface area is 141 Å². The highest BCUT2D eigenvalue weighted by atomic mass is 16.7. The molecule has 0 radical (unpaired) electrons. The summed E-state index contributed by atoms with van der Waals surface area (Å²) in [6.07, 6.45) is 0.453. The first-order valence-electron chi connectivity index (χ1n) is 8.14. The van der Waals surface area contributed by atoms with Crippen molar-refractivity contribution in [3.63, 3.8) is 0 Å². The Morgan fingerprint density at radius 3 is 2.83 bits per heavy atom. The zero-order valence-corrected chi connectivity index (χ0v) is 14.2. The van der Waals surface area contributed by atoms with Crippen molar-refractivity contribution in [2.75, 3.05) is 0 Å². The first-order chi connectivity index (χ1) is 11.5. The summed E-state index contributed by atoms with van der Waals surface area (Å²) in [6, 6.07) is 11.8. The van der Waals surface area contributed by atoms with Crippen molar-refractivity contribution in [3.05, 3.63) is 53.3 Å². The molecule has 24 heavy (non-hydrogen) atoms. The van der Waals surface area contributed by atoms with E-state index >= 15 is 0 Å². The molecule has 1 aliphatic rings. The molecule has 2 heterocycles. The predicted molar refractivity (Wildman–Crippen MR) is 91.6 cm³/mol. The van der Waals surface area contributed by atoms with Crippen molar-refractivity contribution in [1.29, 1.82) is 0 Å². The van der Waals surface area contributed by atoms with Crippen molar-refractivity contribution < 1.29 is 9.63 Å². The van der Waals surface area contributed by atoms with Crippen molar-refractivity contribution in [2.24, 2.45) is 5.16 Å². The Bertz CT molecular complexity index is 767. The molecule has 1 N–H and O–H groups in total. The van der Waals surface area contributed by atoms with E-state index in [1.807, 2.05) is 54.9 Å².